The van der Waals surface area contributed by atoms with E-state index in [2.05, 4.69) is 38.7 Å². The van der Waals surface area contributed by atoms with Gasteiger partial charge >= 0.3 is 0 Å². The van der Waals surface area contributed by atoms with Gasteiger partial charge in [0, 0.05) is 0 Å². The lowest BCUT2D eigenvalue weighted by Crippen LogP contribution is -2.01. The molecule has 144 valence electrons. The van der Waals surface area contributed by atoms with Crippen LogP contribution in [0.25, 0.3) is 0 Å². The molecule has 0 unspecified atom stereocenters. The van der Waals surface area contributed by atoms with Crippen molar-refractivity contribution < 1.29 is 9.47 Å². The molecule has 0 heterocycles. The Kier molecular flexibility index (Phi) is 19.6. The molecule has 0 amide bonds. The minimum atomic E-state index is 0.583. The number of allylic oxidation sites excluding steroid dienone is 3. The smallest absolute Gasteiger partial charge is 0.287 e. The second-order valence-electron chi connectivity index (χ2n) is 6.47. The van der Waals surface area contributed by atoms with E-state index in [0.717, 1.165) is 32.5 Å². The molecule has 0 aromatic heterocycles. The Morgan fingerprint density at radius 1 is 0.680 bits per heavy atom. The van der Waals surface area contributed by atoms with E-state index in [1.54, 1.807) is 6.08 Å². The normalized spacial score (nSPS) is 10.4. The summed E-state index contributed by atoms with van der Waals surface area (Å²) in [5.41, 5.74) is 0. The summed E-state index contributed by atoms with van der Waals surface area (Å²) in [6, 6.07) is 0. The lowest BCUT2D eigenvalue weighted by molar-refractivity contribution is 0.0326. The van der Waals surface area contributed by atoms with Gasteiger partial charge in [0.25, 0.3) is 5.95 Å². The summed E-state index contributed by atoms with van der Waals surface area (Å²) in [4.78, 5) is 0. The van der Waals surface area contributed by atoms with E-state index in [1.807, 2.05) is 6.08 Å². The molecule has 0 bridgehead atoms. The van der Waals surface area contributed by atoms with Crippen LogP contribution in [0.4, 0.5) is 0 Å². The molecule has 0 saturated heterocycles. The van der Waals surface area contributed by atoms with Crippen LogP contribution in [0.5, 0.6) is 0 Å². The van der Waals surface area contributed by atoms with Gasteiger partial charge in [-0.3, -0.25) is 0 Å². The van der Waals surface area contributed by atoms with Crippen LogP contribution in [0.3, 0.4) is 0 Å². The summed E-state index contributed by atoms with van der Waals surface area (Å²) in [5.74, 6) is 6.66. The van der Waals surface area contributed by atoms with Gasteiger partial charge in [-0.25, -0.2) is 0 Å². The first-order chi connectivity index (χ1) is 12.3. The number of hydrogen-bond acceptors (Lipinski definition) is 2. The van der Waals surface area contributed by atoms with E-state index >= 15 is 0 Å². The Morgan fingerprint density at radius 2 is 1.24 bits per heavy atom. The molecule has 0 aromatic rings. The quantitative estimate of drug-likeness (QED) is 0.167. The highest BCUT2D eigenvalue weighted by Gasteiger charge is 1.99. The Bertz CT molecular complexity index is 369. The SMILES string of the molecule is CCCCC/C=C/C#CC=C(OCCCCCC)OCCCCCC. The predicted octanol–water partition coefficient (Wildman–Crippen LogP) is 7.16. The number of hydrogen-bond donors (Lipinski definition) is 0. The van der Waals surface area contributed by atoms with Gasteiger partial charge < -0.3 is 9.47 Å². The maximum absolute atomic E-state index is 5.77. The van der Waals surface area contributed by atoms with Crippen molar-refractivity contribution in [2.75, 3.05) is 13.2 Å². The first kappa shape index (κ1) is 23.6. The minimum Gasteiger partial charge on any atom is -0.465 e. The number of ether oxygens (including phenoxy) is 2. The van der Waals surface area contributed by atoms with Crippen LogP contribution in [0.1, 0.15) is 97.8 Å². The lowest BCUT2D eigenvalue weighted by Gasteiger charge is -2.11. The van der Waals surface area contributed by atoms with Crippen molar-refractivity contribution in [3.8, 4) is 11.8 Å². The van der Waals surface area contributed by atoms with Gasteiger partial charge in [0.1, 0.15) is 0 Å². The summed E-state index contributed by atoms with van der Waals surface area (Å²) in [7, 11) is 0. The monoisotopic (exact) mass is 348 g/mol. The van der Waals surface area contributed by atoms with E-state index in [0.29, 0.717) is 5.95 Å². The maximum atomic E-state index is 5.77. The molecule has 0 aliphatic carbocycles. The molecule has 2 nitrogen and oxygen atoms in total. The van der Waals surface area contributed by atoms with Gasteiger partial charge in [-0.2, -0.15) is 0 Å². The summed E-state index contributed by atoms with van der Waals surface area (Å²) < 4.78 is 11.5. The van der Waals surface area contributed by atoms with Crippen molar-refractivity contribution in [1.82, 2.24) is 0 Å². The summed E-state index contributed by atoms with van der Waals surface area (Å²) >= 11 is 0. The third-order valence-electron chi connectivity index (χ3n) is 3.93. The van der Waals surface area contributed by atoms with Gasteiger partial charge in [-0.1, -0.05) is 90.1 Å². The molecule has 0 rings (SSSR count). The molecule has 0 aliphatic rings. The molecule has 0 fully saturated rings. The molecule has 2 heteroatoms. The Labute approximate surface area is 157 Å². The first-order valence-corrected chi connectivity index (χ1v) is 10.5. The minimum absolute atomic E-state index is 0.583. The zero-order valence-electron chi connectivity index (χ0n) is 16.9. The molecule has 25 heavy (non-hydrogen) atoms. The number of rotatable bonds is 16. The van der Waals surface area contributed by atoms with Crippen LogP contribution in [-0.4, -0.2) is 13.2 Å². The van der Waals surface area contributed by atoms with E-state index in [1.165, 1.54) is 57.8 Å². The molecule has 0 radical (unpaired) electrons. The van der Waals surface area contributed by atoms with Crippen molar-refractivity contribution in [2.24, 2.45) is 0 Å². The molecule has 0 N–H and O–H groups in total. The van der Waals surface area contributed by atoms with Crippen LogP contribution in [-0.2, 0) is 9.47 Å². The highest BCUT2D eigenvalue weighted by Crippen LogP contribution is 2.07. The predicted molar refractivity (Wildman–Crippen MR) is 109 cm³/mol. The fourth-order valence-corrected chi connectivity index (χ4v) is 2.33. The van der Waals surface area contributed by atoms with Crippen molar-refractivity contribution in [2.45, 2.75) is 97.8 Å². The fraction of sp³-hybridized carbons (Fsp3) is 0.739. The molecule has 0 aromatic carbocycles. The number of unbranched alkanes of at least 4 members (excludes halogenated alkanes) is 9. The van der Waals surface area contributed by atoms with E-state index in [4.69, 9.17) is 9.47 Å². The van der Waals surface area contributed by atoms with Gasteiger partial charge in [-0.15, -0.1) is 0 Å². The van der Waals surface area contributed by atoms with E-state index in [-0.39, 0.29) is 0 Å². The van der Waals surface area contributed by atoms with Gasteiger partial charge in [-0.05, 0) is 31.8 Å². The average molecular weight is 349 g/mol. The summed E-state index contributed by atoms with van der Waals surface area (Å²) in [6.07, 6.45) is 20.4. The topological polar surface area (TPSA) is 18.5 Å². The van der Waals surface area contributed by atoms with Crippen LogP contribution in [0, 0.1) is 11.8 Å². The van der Waals surface area contributed by atoms with Crippen LogP contribution >= 0.6 is 0 Å². The molecule has 0 saturated carbocycles. The Hall–Kier alpha value is -1.36. The standard InChI is InChI=1S/C23H40O2/c1-4-7-10-13-14-15-16-17-20-23(24-21-18-11-8-5-2)25-22-19-12-9-6-3/h14-15,20H,4-13,18-19,21-22H2,1-3H3/b15-14+. The van der Waals surface area contributed by atoms with E-state index < -0.39 is 0 Å². The van der Waals surface area contributed by atoms with Crippen molar-refractivity contribution in [3.63, 3.8) is 0 Å². The summed E-state index contributed by atoms with van der Waals surface area (Å²) in [6.45, 7) is 8.10. The third kappa shape index (κ3) is 18.8. The third-order valence-corrected chi connectivity index (χ3v) is 3.93. The Morgan fingerprint density at radius 3 is 1.80 bits per heavy atom. The zero-order valence-corrected chi connectivity index (χ0v) is 16.9. The average Bonchev–Trinajstić information content (AvgIpc) is 2.62. The second-order valence-corrected chi connectivity index (χ2v) is 6.47. The second kappa shape index (κ2) is 20.7. The Balaban J connectivity index is 4.19. The van der Waals surface area contributed by atoms with E-state index in [9.17, 15) is 0 Å². The van der Waals surface area contributed by atoms with Gasteiger partial charge in [0.2, 0.25) is 0 Å². The first-order valence-electron chi connectivity index (χ1n) is 10.5. The molecule has 0 aliphatic heterocycles. The summed E-state index contributed by atoms with van der Waals surface area (Å²) in [5, 5.41) is 0. The van der Waals surface area contributed by atoms with Crippen LogP contribution in [0.15, 0.2) is 24.2 Å². The highest BCUT2D eigenvalue weighted by atomic mass is 16.7. The maximum Gasteiger partial charge on any atom is 0.287 e. The molecule has 0 atom stereocenters. The van der Waals surface area contributed by atoms with Crippen molar-refractivity contribution in [3.05, 3.63) is 24.2 Å². The van der Waals surface area contributed by atoms with Crippen LogP contribution in [0.2, 0.25) is 0 Å². The fourth-order valence-electron chi connectivity index (χ4n) is 2.33. The van der Waals surface area contributed by atoms with Crippen molar-refractivity contribution >= 4 is 0 Å². The highest BCUT2D eigenvalue weighted by molar-refractivity contribution is 5.23. The zero-order chi connectivity index (χ0) is 18.4. The van der Waals surface area contributed by atoms with Crippen molar-refractivity contribution in [1.29, 1.82) is 0 Å². The van der Waals surface area contributed by atoms with Gasteiger partial charge in [0.15, 0.2) is 0 Å². The largest absolute Gasteiger partial charge is 0.465 e. The van der Waals surface area contributed by atoms with Crippen LogP contribution < -0.4 is 0 Å². The lowest BCUT2D eigenvalue weighted by atomic mass is 10.2. The molecular formula is C23H40O2. The molecular weight excluding hydrogens is 308 g/mol. The van der Waals surface area contributed by atoms with Gasteiger partial charge in [0.05, 0.1) is 19.3 Å². The molecule has 0 spiro atoms.